The number of hydrogen-bond acceptors (Lipinski definition) is 2. The second-order valence-corrected chi connectivity index (χ2v) is 5.42. The summed E-state index contributed by atoms with van der Waals surface area (Å²) in [4.78, 5) is 25.1. The average Bonchev–Trinajstić information content (AvgIpc) is 2.76. The molecule has 1 aliphatic heterocycles. The molecule has 2 rings (SSSR count). The van der Waals surface area contributed by atoms with Gasteiger partial charge in [0.2, 0.25) is 11.8 Å². The zero-order valence-electron chi connectivity index (χ0n) is 10.1. The van der Waals surface area contributed by atoms with Crippen molar-refractivity contribution in [2.24, 2.45) is 5.41 Å². The number of carbonyl (C=O) groups excluding carboxylic acids is 2. The quantitative estimate of drug-likeness (QED) is 0.758. The van der Waals surface area contributed by atoms with E-state index in [0.717, 1.165) is 25.7 Å². The zero-order chi connectivity index (χ0) is 11.8. The van der Waals surface area contributed by atoms with E-state index in [1.165, 1.54) is 0 Å². The summed E-state index contributed by atoms with van der Waals surface area (Å²) in [5.74, 6) is 0.264. The molecule has 0 bridgehead atoms. The van der Waals surface area contributed by atoms with E-state index >= 15 is 0 Å². The lowest BCUT2D eigenvalue weighted by molar-refractivity contribution is -0.130. The molecule has 4 heteroatoms. The first-order chi connectivity index (χ1) is 7.51. The molecule has 0 spiro atoms. The number of likely N-dealkylation sites (N-methyl/N-ethyl adjacent to an activating group) is 1. The van der Waals surface area contributed by atoms with Crippen molar-refractivity contribution in [3.63, 3.8) is 0 Å². The van der Waals surface area contributed by atoms with Crippen LogP contribution in [0.5, 0.6) is 0 Å². The van der Waals surface area contributed by atoms with Crippen molar-refractivity contribution in [1.82, 2.24) is 10.2 Å². The van der Waals surface area contributed by atoms with Crippen LogP contribution in [0.15, 0.2) is 0 Å². The molecule has 1 heterocycles. The lowest BCUT2D eigenvalue weighted by atomic mass is 9.87. The van der Waals surface area contributed by atoms with E-state index in [1.807, 2.05) is 6.92 Å². The monoisotopic (exact) mass is 224 g/mol. The van der Waals surface area contributed by atoms with E-state index in [0.29, 0.717) is 13.0 Å². The molecule has 1 N–H and O–H groups in total. The molecule has 1 unspecified atom stereocenters. The summed E-state index contributed by atoms with van der Waals surface area (Å²) >= 11 is 0. The summed E-state index contributed by atoms with van der Waals surface area (Å²) in [5, 5.41) is 3.02. The standard InChI is InChI=1S/C12H20N2O2/c1-12(5-3-4-6-12)11(16)13-9-7-10(15)14(2)8-9/h9H,3-8H2,1-2H3,(H,13,16). The lowest BCUT2D eigenvalue weighted by Crippen LogP contribution is -2.44. The van der Waals surface area contributed by atoms with E-state index in [-0.39, 0.29) is 23.3 Å². The third kappa shape index (κ3) is 2.06. The van der Waals surface area contributed by atoms with Crippen LogP contribution >= 0.6 is 0 Å². The smallest absolute Gasteiger partial charge is 0.226 e. The summed E-state index contributed by atoms with van der Waals surface area (Å²) < 4.78 is 0. The van der Waals surface area contributed by atoms with Gasteiger partial charge in [0.25, 0.3) is 0 Å². The van der Waals surface area contributed by atoms with Crippen LogP contribution < -0.4 is 5.32 Å². The van der Waals surface area contributed by atoms with Gasteiger partial charge in [-0.25, -0.2) is 0 Å². The summed E-state index contributed by atoms with van der Waals surface area (Å²) in [5.41, 5.74) is -0.190. The second kappa shape index (κ2) is 4.07. The Balaban J connectivity index is 1.90. The Morgan fingerprint density at radius 3 is 2.56 bits per heavy atom. The maximum atomic E-state index is 12.1. The molecular formula is C12H20N2O2. The van der Waals surface area contributed by atoms with E-state index < -0.39 is 0 Å². The maximum Gasteiger partial charge on any atom is 0.226 e. The first kappa shape index (κ1) is 11.4. The fraction of sp³-hybridized carbons (Fsp3) is 0.833. The van der Waals surface area contributed by atoms with Gasteiger partial charge in [-0.3, -0.25) is 9.59 Å². The molecule has 1 saturated carbocycles. The Morgan fingerprint density at radius 2 is 2.06 bits per heavy atom. The molecule has 0 aromatic rings. The van der Waals surface area contributed by atoms with Crippen molar-refractivity contribution < 1.29 is 9.59 Å². The van der Waals surface area contributed by atoms with Crippen molar-refractivity contribution in [2.45, 2.75) is 45.1 Å². The van der Waals surface area contributed by atoms with E-state index in [1.54, 1.807) is 11.9 Å². The van der Waals surface area contributed by atoms with Gasteiger partial charge in [0.05, 0.1) is 6.04 Å². The van der Waals surface area contributed by atoms with Gasteiger partial charge in [0, 0.05) is 25.4 Å². The second-order valence-electron chi connectivity index (χ2n) is 5.42. The predicted molar refractivity (Wildman–Crippen MR) is 60.8 cm³/mol. The van der Waals surface area contributed by atoms with Crippen molar-refractivity contribution in [3.05, 3.63) is 0 Å². The third-order valence-corrected chi connectivity index (χ3v) is 3.93. The highest BCUT2D eigenvalue weighted by Crippen LogP contribution is 2.37. The van der Waals surface area contributed by atoms with Crippen LogP contribution in [0.3, 0.4) is 0 Å². The minimum Gasteiger partial charge on any atom is -0.351 e. The lowest BCUT2D eigenvalue weighted by Gasteiger charge is -2.24. The SMILES string of the molecule is CN1CC(NC(=O)C2(C)CCCC2)CC1=O. The molecule has 2 fully saturated rings. The summed E-state index contributed by atoms with van der Waals surface area (Å²) in [6.07, 6.45) is 4.71. The Kier molecular flexibility index (Phi) is 2.91. The molecular weight excluding hydrogens is 204 g/mol. The number of hydrogen-bond donors (Lipinski definition) is 1. The fourth-order valence-electron chi connectivity index (χ4n) is 2.70. The Labute approximate surface area is 96.4 Å². The molecule has 16 heavy (non-hydrogen) atoms. The average molecular weight is 224 g/mol. The molecule has 90 valence electrons. The summed E-state index contributed by atoms with van der Waals surface area (Å²) in [7, 11) is 1.78. The largest absolute Gasteiger partial charge is 0.351 e. The number of nitrogens with one attached hydrogen (secondary N) is 1. The van der Waals surface area contributed by atoms with E-state index in [9.17, 15) is 9.59 Å². The molecule has 2 aliphatic rings. The first-order valence-electron chi connectivity index (χ1n) is 6.06. The van der Waals surface area contributed by atoms with Gasteiger partial charge in [-0.05, 0) is 12.8 Å². The highest BCUT2D eigenvalue weighted by molar-refractivity contribution is 5.85. The highest BCUT2D eigenvalue weighted by Gasteiger charge is 2.38. The van der Waals surface area contributed by atoms with Gasteiger partial charge in [-0.2, -0.15) is 0 Å². The molecule has 0 radical (unpaired) electrons. The predicted octanol–water partition coefficient (Wildman–Crippen LogP) is 0.914. The number of nitrogens with zero attached hydrogens (tertiary/aromatic N) is 1. The molecule has 0 aromatic carbocycles. The molecule has 1 saturated heterocycles. The molecule has 1 atom stereocenters. The van der Waals surface area contributed by atoms with E-state index in [2.05, 4.69) is 5.32 Å². The molecule has 1 aliphatic carbocycles. The van der Waals surface area contributed by atoms with Crippen molar-refractivity contribution in [1.29, 1.82) is 0 Å². The van der Waals surface area contributed by atoms with Gasteiger partial charge in [0.1, 0.15) is 0 Å². The van der Waals surface area contributed by atoms with Crippen LogP contribution in [-0.4, -0.2) is 36.3 Å². The zero-order valence-corrected chi connectivity index (χ0v) is 10.1. The van der Waals surface area contributed by atoms with Crippen LogP contribution in [0.25, 0.3) is 0 Å². The third-order valence-electron chi connectivity index (χ3n) is 3.93. The minimum absolute atomic E-state index is 0.0161. The number of amides is 2. The van der Waals surface area contributed by atoms with Crippen LogP contribution in [0.4, 0.5) is 0 Å². The summed E-state index contributed by atoms with van der Waals surface area (Å²) in [6.45, 7) is 2.69. The highest BCUT2D eigenvalue weighted by atomic mass is 16.2. The van der Waals surface area contributed by atoms with Crippen LogP contribution in [0.2, 0.25) is 0 Å². The van der Waals surface area contributed by atoms with Crippen molar-refractivity contribution in [2.75, 3.05) is 13.6 Å². The molecule has 4 nitrogen and oxygen atoms in total. The van der Waals surface area contributed by atoms with Gasteiger partial charge in [0.15, 0.2) is 0 Å². The van der Waals surface area contributed by atoms with Crippen LogP contribution in [0.1, 0.15) is 39.0 Å². The topological polar surface area (TPSA) is 49.4 Å². The number of carbonyl (C=O) groups is 2. The fourth-order valence-corrected chi connectivity index (χ4v) is 2.70. The minimum atomic E-state index is -0.190. The molecule has 0 aromatic heterocycles. The Morgan fingerprint density at radius 1 is 1.44 bits per heavy atom. The number of likely N-dealkylation sites (tertiary alicyclic amines) is 1. The van der Waals surface area contributed by atoms with Gasteiger partial charge in [-0.1, -0.05) is 19.8 Å². The Hall–Kier alpha value is -1.06. The van der Waals surface area contributed by atoms with E-state index in [4.69, 9.17) is 0 Å². The van der Waals surface area contributed by atoms with Crippen LogP contribution in [0, 0.1) is 5.41 Å². The Bertz CT molecular complexity index is 308. The molecule has 2 amide bonds. The maximum absolute atomic E-state index is 12.1. The van der Waals surface area contributed by atoms with Gasteiger partial charge >= 0.3 is 0 Å². The van der Waals surface area contributed by atoms with Gasteiger partial charge < -0.3 is 10.2 Å². The normalized spacial score (nSPS) is 28.5. The first-order valence-corrected chi connectivity index (χ1v) is 6.06. The van der Waals surface area contributed by atoms with Crippen molar-refractivity contribution >= 4 is 11.8 Å². The summed E-state index contributed by atoms with van der Waals surface area (Å²) in [6, 6.07) is 0.0161. The number of rotatable bonds is 2. The van der Waals surface area contributed by atoms with Gasteiger partial charge in [-0.15, -0.1) is 0 Å². The van der Waals surface area contributed by atoms with Crippen molar-refractivity contribution in [3.8, 4) is 0 Å². The van der Waals surface area contributed by atoms with Crippen LogP contribution in [-0.2, 0) is 9.59 Å².